The maximum absolute atomic E-state index is 5.89. The van der Waals surface area contributed by atoms with Crippen LogP contribution in [-0.2, 0) is 4.74 Å². The van der Waals surface area contributed by atoms with Crippen molar-refractivity contribution in [2.75, 3.05) is 19.7 Å². The van der Waals surface area contributed by atoms with E-state index in [2.05, 4.69) is 29.5 Å². The minimum absolute atomic E-state index is 0.206. The van der Waals surface area contributed by atoms with Crippen molar-refractivity contribution in [3.63, 3.8) is 0 Å². The van der Waals surface area contributed by atoms with Crippen molar-refractivity contribution in [1.29, 1.82) is 0 Å². The van der Waals surface area contributed by atoms with Crippen LogP contribution in [0.2, 0.25) is 0 Å². The van der Waals surface area contributed by atoms with Crippen LogP contribution in [0.15, 0.2) is 5.38 Å². The number of ether oxygens (including phenoxy) is 1. The summed E-state index contributed by atoms with van der Waals surface area (Å²) in [6.45, 7) is 7.14. The minimum Gasteiger partial charge on any atom is -0.372 e. The van der Waals surface area contributed by atoms with E-state index in [1.165, 1.54) is 12.8 Å². The van der Waals surface area contributed by atoms with Gasteiger partial charge < -0.3 is 10.1 Å². The first-order valence-corrected chi connectivity index (χ1v) is 6.93. The van der Waals surface area contributed by atoms with Gasteiger partial charge in [0.2, 0.25) is 0 Å². The molecule has 0 spiro atoms. The fraction of sp³-hybridized carbons (Fsp3) is 0.750. The number of thiazole rings is 1. The Morgan fingerprint density at radius 2 is 2.50 bits per heavy atom. The number of hydrogen-bond acceptors (Lipinski definition) is 4. The van der Waals surface area contributed by atoms with Gasteiger partial charge in [0.1, 0.15) is 6.10 Å². The van der Waals surface area contributed by atoms with Crippen molar-refractivity contribution in [3.8, 4) is 0 Å². The van der Waals surface area contributed by atoms with Gasteiger partial charge in [0.05, 0.1) is 10.7 Å². The number of rotatable bonds is 4. The Kier molecular flexibility index (Phi) is 4.32. The molecule has 2 heterocycles. The van der Waals surface area contributed by atoms with Gasteiger partial charge in [0, 0.05) is 24.4 Å². The number of hydrogen-bond donors (Lipinski definition) is 1. The summed E-state index contributed by atoms with van der Waals surface area (Å²) in [5.74, 6) is 0.579. The molecular formula is C12H20N2OS. The molecule has 0 amide bonds. The molecule has 4 heteroatoms. The van der Waals surface area contributed by atoms with Crippen LogP contribution in [0.3, 0.4) is 0 Å². The van der Waals surface area contributed by atoms with Crippen LogP contribution >= 0.6 is 11.3 Å². The summed E-state index contributed by atoms with van der Waals surface area (Å²) in [4.78, 5) is 4.56. The number of aromatic nitrogens is 1. The third kappa shape index (κ3) is 2.81. The predicted octanol–water partition coefficient (Wildman–Crippen LogP) is 2.53. The van der Waals surface area contributed by atoms with E-state index in [9.17, 15) is 0 Å². The van der Waals surface area contributed by atoms with Crippen molar-refractivity contribution >= 4 is 11.3 Å². The van der Waals surface area contributed by atoms with Gasteiger partial charge in [-0.05, 0) is 26.3 Å². The summed E-state index contributed by atoms with van der Waals surface area (Å²) in [6, 6.07) is 0. The van der Waals surface area contributed by atoms with E-state index >= 15 is 0 Å². The van der Waals surface area contributed by atoms with Crippen molar-refractivity contribution in [2.45, 2.75) is 32.8 Å². The van der Waals surface area contributed by atoms with Gasteiger partial charge in [-0.2, -0.15) is 0 Å². The van der Waals surface area contributed by atoms with Gasteiger partial charge in [-0.3, -0.25) is 0 Å². The number of nitrogens with one attached hydrogen (secondary N) is 1. The van der Waals surface area contributed by atoms with Crippen molar-refractivity contribution < 1.29 is 4.74 Å². The van der Waals surface area contributed by atoms with E-state index in [1.807, 2.05) is 0 Å². The monoisotopic (exact) mass is 240 g/mol. The maximum Gasteiger partial charge on any atom is 0.104 e. The second-order valence-corrected chi connectivity index (χ2v) is 5.35. The summed E-state index contributed by atoms with van der Waals surface area (Å²) in [5.41, 5.74) is 1.13. The molecular weight excluding hydrogens is 220 g/mol. The highest BCUT2D eigenvalue weighted by molar-refractivity contribution is 7.09. The Bertz CT molecular complexity index is 327. The molecule has 16 heavy (non-hydrogen) atoms. The van der Waals surface area contributed by atoms with Gasteiger partial charge in [0.25, 0.3) is 0 Å². The second-order valence-electron chi connectivity index (χ2n) is 4.29. The summed E-state index contributed by atoms with van der Waals surface area (Å²) in [6.07, 6.45) is 2.63. The fourth-order valence-electron chi connectivity index (χ4n) is 2.22. The minimum atomic E-state index is 0.206. The van der Waals surface area contributed by atoms with Crippen LogP contribution in [-0.4, -0.2) is 24.7 Å². The topological polar surface area (TPSA) is 34.1 Å². The molecule has 1 N–H and O–H groups in total. The lowest BCUT2D eigenvalue weighted by molar-refractivity contribution is -0.0298. The number of nitrogens with zero attached hydrogens (tertiary/aromatic N) is 1. The highest BCUT2D eigenvalue weighted by Gasteiger charge is 2.28. The third-order valence-electron chi connectivity index (χ3n) is 3.03. The van der Waals surface area contributed by atoms with Crippen molar-refractivity contribution in [1.82, 2.24) is 10.3 Å². The van der Waals surface area contributed by atoms with Crippen molar-refractivity contribution in [3.05, 3.63) is 16.1 Å². The van der Waals surface area contributed by atoms with E-state index in [0.29, 0.717) is 5.92 Å². The number of aryl methyl sites for hydroxylation is 1. The molecule has 2 rings (SSSR count). The fourth-order valence-corrected chi connectivity index (χ4v) is 2.86. The van der Waals surface area contributed by atoms with Gasteiger partial charge >= 0.3 is 0 Å². The van der Waals surface area contributed by atoms with Crippen LogP contribution in [0.1, 0.15) is 36.6 Å². The standard InChI is InChI=1S/C12H20N2OS/c1-3-13-7-10-5-4-6-15-12(10)11-8-16-9(2)14-11/h8,10,12-13H,3-7H2,1-2H3. The Balaban J connectivity index is 2.04. The first kappa shape index (κ1) is 12.0. The average molecular weight is 240 g/mol. The Morgan fingerprint density at radius 3 is 3.19 bits per heavy atom. The maximum atomic E-state index is 5.89. The zero-order valence-corrected chi connectivity index (χ0v) is 10.8. The first-order chi connectivity index (χ1) is 7.81. The van der Waals surface area contributed by atoms with E-state index in [-0.39, 0.29) is 6.10 Å². The largest absolute Gasteiger partial charge is 0.372 e. The van der Waals surface area contributed by atoms with Crippen LogP contribution < -0.4 is 5.32 Å². The highest BCUT2D eigenvalue weighted by Crippen LogP contribution is 2.33. The smallest absolute Gasteiger partial charge is 0.104 e. The van der Waals surface area contributed by atoms with Gasteiger partial charge in [-0.25, -0.2) is 4.98 Å². The Morgan fingerprint density at radius 1 is 1.62 bits per heavy atom. The van der Waals surface area contributed by atoms with Crippen LogP contribution in [0.5, 0.6) is 0 Å². The molecule has 90 valence electrons. The molecule has 2 unspecified atom stereocenters. The summed E-state index contributed by atoms with van der Waals surface area (Å²) >= 11 is 1.71. The van der Waals surface area contributed by atoms with E-state index in [1.54, 1.807) is 11.3 Å². The molecule has 0 aromatic carbocycles. The van der Waals surface area contributed by atoms with Crippen LogP contribution in [0, 0.1) is 12.8 Å². The molecule has 1 aliphatic rings. The first-order valence-electron chi connectivity index (χ1n) is 6.05. The summed E-state index contributed by atoms with van der Waals surface area (Å²) in [5, 5.41) is 6.69. The van der Waals surface area contributed by atoms with Gasteiger partial charge in [-0.15, -0.1) is 11.3 Å². The van der Waals surface area contributed by atoms with E-state index in [0.717, 1.165) is 30.4 Å². The molecule has 2 atom stereocenters. The van der Waals surface area contributed by atoms with Crippen LogP contribution in [0.25, 0.3) is 0 Å². The average Bonchev–Trinajstić information content (AvgIpc) is 2.73. The predicted molar refractivity (Wildman–Crippen MR) is 66.8 cm³/mol. The zero-order chi connectivity index (χ0) is 11.4. The molecule has 1 aromatic rings. The van der Waals surface area contributed by atoms with E-state index < -0.39 is 0 Å². The van der Waals surface area contributed by atoms with Gasteiger partial charge in [-0.1, -0.05) is 6.92 Å². The Hall–Kier alpha value is -0.450. The van der Waals surface area contributed by atoms with Gasteiger partial charge in [0.15, 0.2) is 0 Å². The molecule has 3 nitrogen and oxygen atoms in total. The van der Waals surface area contributed by atoms with Crippen LogP contribution in [0.4, 0.5) is 0 Å². The molecule has 1 aliphatic heterocycles. The molecule has 1 fully saturated rings. The lowest BCUT2D eigenvalue weighted by atomic mass is 9.92. The molecule has 1 saturated heterocycles. The highest BCUT2D eigenvalue weighted by atomic mass is 32.1. The summed E-state index contributed by atoms with van der Waals surface area (Å²) < 4.78 is 5.89. The molecule has 0 saturated carbocycles. The SMILES string of the molecule is CCNCC1CCCOC1c1csc(C)n1. The van der Waals surface area contributed by atoms with Crippen molar-refractivity contribution in [2.24, 2.45) is 5.92 Å². The van der Waals surface area contributed by atoms with E-state index in [4.69, 9.17) is 4.74 Å². The Labute approximate surface area is 101 Å². The second kappa shape index (κ2) is 5.75. The lowest BCUT2D eigenvalue weighted by Gasteiger charge is -2.30. The third-order valence-corrected chi connectivity index (χ3v) is 3.82. The summed E-state index contributed by atoms with van der Waals surface area (Å²) in [7, 11) is 0. The molecule has 0 radical (unpaired) electrons. The molecule has 0 bridgehead atoms. The zero-order valence-electron chi connectivity index (χ0n) is 10.0. The molecule has 1 aromatic heterocycles. The normalized spacial score (nSPS) is 25.9. The molecule has 0 aliphatic carbocycles. The quantitative estimate of drug-likeness (QED) is 0.878. The lowest BCUT2D eigenvalue weighted by Crippen LogP contribution is -2.32.